The van der Waals surface area contributed by atoms with Gasteiger partial charge < -0.3 is 0 Å². The maximum absolute atomic E-state index is 5.53. The lowest BCUT2D eigenvalue weighted by Crippen LogP contribution is -2.22. The molecule has 1 aromatic carbocycles. The van der Waals surface area contributed by atoms with Crippen LogP contribution in [0.4, 0.5) is 0 Å². The van der Waals surface area contributed by atoms with Crippen LogP contribution in [0.2, 0.25) is 0 Å². The van der Waals surface area contributed by atoms with Crippen LogP contribution in [-0.2, 0) is 15.4 Å². The molecule has 18 heavy (non-hydrogen) atoms. The summed E-state index contributed by atoms with van der Waals surface area (Å²) < 4.78 is 0. The van der Waals surface area contributed by atoms with Gasteiger partial charge in [0.05, 0.1) is 6.61 Å². The molecule has 0 unspecified atom stereocenters. The van der Waals surface area contributed by atoms with Crippen molar-refractivity contribution >= 4 is 0 Å². The summed E-state index contributed by atoms with van der Waals surface area (Å²) in [6, 6.07) is 10.1. The molecule has 2 heteroatoms. The van der Waals surface area contributed by atoms with Crippen LogP contribution in [0, 0.1) is 5.41 Å². The Kier molecular flexibility index (Phi) is 5.36. The van der Waals surface area contributed by atoms with Crippen LogP contribution >= 0.6 is 0 Å². The van der Waals surface area contributed by atoms with Gasteiger partial charge in [0.15, 0.2) is 0 Å². The molecule has 0 amide bonds. The third kappa shape index (κ3) is 5.65. The van der Waals surface area contributed by atoms with Crippen LogP contribution < -0.4 is 0 Å². The zero-order valence-electron chi connectivity index (χ0n) is 12.3. The molecule has 2 nitrogen and oxygen atoms in total. The van der Waals surface area contributed by atoms with Crippen molar-refractivity contribution in [2.24, 2.45) is 5.41 Å². The molecule has 1 rings (SSSR count). The first-order valence-electron chi connectivity index (χ1n) is 6.67. The lowest BCUT2D eigenvalue weighted by Gasteiger charge is -2.24. The molecule has 0 saturated heterocycles. The molecule has 102 valence electrons. The summed E-state index contributed by atoms with van der Waals surface area (Å²) in [6.07, 6.45) is 2.16. The number of benzene rings is 1. The third-order valence-corrected chi connectivity index (χ3v) is 2.89. The molecule has 0 fully saturated rings. The second-order valence-electron chi connectivity index (χ2n) is 6.45. The fraction of sp³-hybridized carbons (Fsp3) is 0.625. The van der Waals surface area contributed by atoms with E-state index in [2.05, 4.69) is 32.9 Å². The van der Waals surface area contributed by atoms with Crippen LogP contribution in [0.15, 0.2) is 30.3 Å². The lowest BCUT2D eigenvalue weighted by molar-refractivity contribution is -0.358. The number of hydrogen-bond acceptors (Lipinski definition) is 2. The number of hydrogen-bond donors (Lipinski definition) is 0. The maximum atomic E-state index is 5.53. The lowest BCUT2D eigenvalue weighted by atomic mass is 9.91. The molecule has 1 aromatic rings. The van der Waals surface area contributed by atoms with Gasteiger partial charge in [-0.15, -0.1) is 0 Å². The van der Waals surface area contributed by atoms with Crippen molar-refractivity contribution in [1.29, 1.82) is 0 Å². The summed E-state index contributed by atoms with van der Waals surface area (Å²) >= 11 is 0. The van der Waals surface area contributed by atoms with E-state index in [0.29, 0.717) is 12.0 Å². The Morgan fingerprint density at radius 2 is 1.56 bits per heavy atom. The fourth-order valence-corrected chi connectivity index (χ4v) is 1.74. The quantitative estimate of drug-likeness (QED) is 0.414. The van der Waals surface area contributed by atoms with Crippen LogP contribution in [0.25, 0.3) is 0 Å². The van der Waals surface area contributed by atoms with Crippen molar-refractivity contribution in [3.63, 3.8) is 0 Å². The van der Waals surface area contributed by atoms with Gasteiger partial charge in [-0.3, -0.25) is 0 Å². The maximum Gasteiger partial charge on any atom is 0.123 e. The van der Waals surface area contributed by atoms with E-state index < -0.39 is 5.60 Å². The van der Waals surface area contributed by atoms with E-state index in [1.165, 1.54) is 0 Å². The van der Waals surface area contributed by atoms with Crippen LogP contribution in [0.3, 0.4) is 0 Å². The smallest absolute Gasteiger partial charge is 0.123 e. The molecule has 0 aromatic heterocycles. The van der Waals surface area contributed by atoms with E-state index in [-0.39, 0.29) is 0 Å². The molecule has 0 spiro atoms. The van der Waals surface area contributed by atoms with E-state index in [1.807, 2.05) is 32.0 Å². The summed E-state index contributed by atoms with van der Waals surface area (Å²) in [5, 5.41) is 0. The van der Waals surface area contributed by atoms with Gasteiger partial charge in [-0.2, -0.15) is 0 Å². The molecular weight excluding hydrogens is 224 g/mol. The van der Waals surface area contributed by atoms with Crippen molar-refractivity contribution in [2.75, 3.05) is 6.61 Å². The van der Waals surface area contributed by atoms with Crippen molar-refractivity contribution in [3.8, 4) is 0 Å². The third-order valence-electron chi connectivity index (χ3n) is 2.89. The van der Waals surface area contributed by atoms with Gasteiger partial charge in [0, 0.05) is 0 Å². The van der Waals surface area contributed by atoms with Gasteiger partial charge >= 0.3 is 0 Å². The highest BCUT2D eigenvalue weighted by atomic mass is 17.2. The Morgan fingerprint density at radius 3 is 2.11 bits per heavy atom. The van der Waals surface area contributed by atoms with E-state index in [1.54, 1.807) is 0 Å². The SMILES string of the molecule is CC(C)(C)CCCOOC(C)(C)c1ccccc1. The molecular formula is C16H26O2. The predicted molar refractivity (Wildman–Crippen MR) is 75.2 cm³/mol. The summed E-state index contributed by atoms with van der Waals surface area (Å²) in [6.45, 7) is 11.4. The van der Waals surface area contributed by atoms with Gasteiger partial charge in [-0.05, 0) is 37.7 Å². The normalized spacial score (nSPS) is 12.7. The first-order chi connectivity index (χ1) is 8.31. The average Bonchev–Trinajstić information content (AvgIpc) is 2.28. The Bertz CT molecular complexity index is 336. The van der Waals surface area contributed by atoms with Gasteiger partial charge in [0.25, 0.3) is 0 Å². The summed E-state index contributed by atoms with van der Waals surface area (Å²) in [7, 11) is 0. The summed E-state index contributed by atoms with van der Waals surface area (Å²) in [5.41, 5.74) is 1.09. The zero-order valence-corrected chi connectivity index (χ0v) is 12.3. The first-order valence-corrected chi connectivity index (χ1v) is 6.67. The minimum Gasteiger partial charge on any atom is -0.236 e. The largest absolute Gasteiger partial charge is 0.236 e. The van der Waals surface area contributed by atoms with E-state index >= 15 is 0 Å². The van der Waals surface area contributed by atoms with Crippen LogP contribution in [0.1, 0.15) is 53.0 Å². The highest BCUT2D eigenvalue weighted by Crippen LogP contribution is 2.25. The second-order valence-corrected chi connectivity index (χ2v) is 6.45. The highest BCUT2D eigenvalue weighted by molar-refractivity contribution is 5.20. The monoisotopic (exact) mass is 250 g/mol. The molecule has 0 bridgehead atoms. The molecule has 0 atom stereocenters. The predicted octanol–water partition coefficient (Wildman–Crippen LogP) is 4.70. The van der Waals surface area contributed by atoms with Gasteiger partial charge in [0.2, 0.25) is 0 Å². The summed E-state index contributed by atoms with van der Waals surface area (Å²) in [4.78, 5) is 10.9. The van der Waals surface area contributed by atoms with Gasteiger partial charge in [0.1, 0.15) is 5.60 Å². The van der Waals surface area contributed by atoms with Crippen molar-refractivity contribution in [3.05, 3.63) is 35.9 Å². The van der Waals surface area contributed by atoms with E-state index in [0.717, 1.165) is 18.4 Å². The standard InChI is InChI=1S/C16H26O2/c1-15(2,3)12-9-13-17-18-16(4,5)14-10-7-6-8-11-14/h6-8,10-11H,9,12-13H2,1-5H3. The molecule has 0 aliphatic carbocycles. The Morgan fingerprint density at radius 1 is 0.944 bits per heavy atom. The molecule has 0 radical (unpaired) electrons. The minimum absolute atomic E-state index is 0.359. The van der Waals surface area contributed by atoms with Crippen molar-refractivity contribution in [1.82, 2.24) is 0 Å². The zero-order chi connectivity index (χ0) is 13.6. The highest BCUT2D eigenvalue weighted by Gasteiger charge is 2.22. The molecule has 0 heterocycles. The molecule has 0 aliphatic rings. The molecule has 0 N–H and O–H groups in total. The van der Waals surface area contributed by atoms with Gasteiger partial charge in [-0.1, -0.05) is 51.1 Å². The second kappa shape index (κ2) is 6.35. The topological polar surface area (TPSA) is 18.5 Å². The Labute approximate surface area is 111 Å². The van der Waals surface area contributed by atoms with E-state index in [9.17, 15) is 0 Å². The summed E-state index contributed by atoms with van der Waals surface area (Å²) in [5.74, 6) is 0. The van der Waals surface area contributed by atoms with Crippen molar-refractivity contribution in [2.45, 2.75) is 53.1 Å². The Balaban J connectivity index is 2.30. The molecule has 0 aliphatic heterocycles. The molecule has 0 saturated carbocycles. The van der Waals surface area contributed by atoms with Crippen molar-refractivity contribution < 1.29 is 9.78 Å². The first kappa shape index (κ1) is 15.2. The Hall–Kier alpha value is -0.860. The fourth-order valence-electron chi connectivity index (χ4n) is 1.74. The average molecular weight is 250 g/mol. The number of rotatable bonds is 6. The van der Waals surface area contributed by atoms with Gasteiger partial charge in [-0.25, -0.2) is 9.78 Å². The van der Waals surface area contributed by atoms with Crippen LogP contribution in [0.5, 0.6) is 0 Å². The minimum atomic E-state index is -0.400. The van der Waals surface area contributed by atoms with E-state index in [4.69, 9.17) is 9.78 Å². The van der Waals surface area contributed by atoms with Crippen LogP contribution in [-0.4, -0.2) is 6.61 Å².